The van der Waals surface area contributed by atoms with E-state index in [4.69, 9.17) is 5.11 Å². The number of carboxylic acid groups (broad SMARTS) is 1. The first-order valence-corrected chi connectivity index (χ1v) is 9.72. The lowest BCUT2D eigenvalue weighted by Crippen LogP contribution is -2.42. The molecule has 1 aliphatic heterocycles. The summed E-state index contributed by atoms with van der Waals surface area (Å²) in [6.07, 6.45) is -3.27. The summed E-state index contributed by atoms with van der Waals surface area (Å²) in [5.74, 6) is -1.85. The molecule has 0 spiro atoms. The zero-order valence-corrected chi connectivity index (χ0v) is 17.3. The standard InChI is InChI=1S/C21H21F3N4O4/c1-12(2)17-10-27(15-6-7-16(19(30)31)25-9-15)20(32)28(17)11-18(29)26-14-5-3-4-13(8-14)21(22,23)24/h3-9,12,17H,10-11H2,1-2H3,(H,26,29)(H,30,31)/t17-/m1/s1. The van der Waals surface area contributed by atoms with Crippen LogP contribution in [0.1, 0.15) is 29.9 Å². The monoisotopic (exact) mass is 450 g/mol. The van der Waals surface area contributed by atoms with Crippen molar-refractivity contribution in [3.05, 3.63) is 53.9 Å². The number of halogens is 3. The Hall–Kier alpha value is -3.63. The molecule has 2 heterocycles. The SMILES string of the molecule is CC(C)[C@H]1CN(c2ccc(C(=O)O)nc2)C(=O)N1CC(=O)Nc1cccc(C(F)(F)F)c1. The molecule has 3 rings (SSSR count). The van der Waals surface area contributed by atoms with Gasteiger partial charge in [-0.15, -0.1) is 0 Å². The Labute approximate surface area is 181 Å². The van der Waals surface area contributed by atoms with Crippen LogP contribution in [0.15, 0.2) is 42.6 Å². The second kappa shape index (κ2) is 8.85. The zero-order valence-electron chi connectivity index (χ0n) is 17.3. The van der Waals surface area contributed by atoms with Crippen LogP contribution in [0.3, 0.4) is 0 Å². The number of hydrogen-bond donors (Lipinski definition) is 2. The normalized spacial score (nSPS) is 16.6. The summed E-state index contributed by atoms with van der Waals surface area (Å²) in [6, 6.07) is 6.16. The van der Waals surface area contributed by atoms with Crippen molar-refractivity contribution in [2.75, 3.05) is 23.3 Å². The number of carbonyl (C=O) groups excluding carboxylic acids is 2. The number of urea groups is 1. The summed E-state index contributed by atoms with van der Waals surface area (Å²) >= 11 is 0. The van der Waals surface area contributed by atoms with Gasteiger partial charge in [-0.3, -0.25) is 9.69 Å². The van der Waals surface area contributed by atoms with Crippen LogP contribution in [0.25, 0.3) is 0 Å². The second-order valence-electron chi connectivity index (χ2n) is 7.67. The highest BCUT2D eigenvalue weighted by atomic mass is 19.4. The third-order valence-electron chi connectivity index (χ3n) is 5.08. The summed E-state index contributed by atoms with van der Waals surface area (Å²) in [5, 5.41) is 11.4. The average Bonchev–Trinajstić information content (AvgIpc) is 3.04. The number of rotatable bonds is 6. The molecule has 1 saturated heterocycles. The number of nitrogens with zero attached hydrogens (tertiary/aromatic N) is 3. The summed E-state index contributed by atoms with van der Waals surface area (Å²) in [5.41, 5.74) is -0.705. The third kappa shape index (κ3) is 4.98. The van der Waals surface area contributed by atoms with E-state index in [1.807, 2.05) is 13.8 Å². The van der Waals surface area contributed by atoms with Crippen LogP contribution in [-0.2, 0) is 11.0 Å². The smallest absolute Gasteiger partial charge is 0.416 e. The molecule has 3 amide bonds. The van der Waals surface area contributed by atoms with Crippen LogP contribution in [0.4, 0.5) is 29.3 Å². The Kier molecular flexibility index (Phi) is 6.37. The number of benzene rings is 1. The van der Waals surface area contributed by atoms with Crippen molar-refractivity contribution in [3.63, 3.8) is 0 Å². The number of anilines is 2. The van der Waals surface area contributed by atoms with Gasteiger partial charge in [0.2, 0.25) is 5.91 Å². The van der Waals surface area contributed by atoms with E-state index in [2.05, 4.69) is 10.3 Å². The number of carboxylic acids is 1. The molecular weight excluding hydrogens is 429 g/mol. The minimum absolute atomic E-state index is 0.0171. The number of aromatic carboxylic acids is 1. The number of carbonyl (C=O) groups is 3. The molecule has 1 aromatic heterocycles. The first-order chi connectivity index (χ1) is 15.0. The maximum Gasteiger partial charge on any atom is 0.416 e. The predicted molar refractivity (Wildman–Crippen MR) is 109 cm³/mol. The third-order valence-corrected chi connectivity index (χ3v) is 5.08. The molecule has 0 radical (unpaired) electrons. The lowest BCUT2D eigenvalue weighted by molar-refractivity contribution is -0.137. The van der Waals surface area contributed by atoms with Crippen LogP contribution in [-0.4, -0.2) is 52.0 Å². The first-order valence-electron chi connectivity index (χ1n) is 9.72. The summed E-state index contributed by atoms with van der Waals surface area (Å²) < 4.78 is 38.7. The molecule has 2 N–H and O–H groups in total. The van der Waals surface area contributed by atoms with Gasteiger partial charge in [0.15, 0.2) is 0 Å². The molecule has 1 aromatic carbocycles. The van der Waals surface area contributed by atoms with Crippen molar-refractivity contribution in [2.45, 2.75) is 26.1 Å². The van der Waals surface area contributed by atoms with Crippen molar-refractivity contribution in [1.29, 1.82) is 0 Å². The maximum atomic E-state index is 13.0. The molecule has 170 valence electrons. The predicted octanol–water partition coefficient (Wildman–Crippen LogP) is 3.70. The van der Waals surface area contributed by atoms with Crippen LogP contribution >= 0.6 is 0 Å². The van der Waals surface area contributed by atoms with Crippen molar-refractivity contribution in [1.82, 2.24) is 9.88 Å². The van der Waals surface area contributed by atoms with Crippen LogP contribution in [0, 0.1) is 5.92 Å². The van der Waals surface area contributed by atoms with E-state index in [1.54, 1.807) is 0 Å². The Morgan fingerprint density at radius 3 is 2.53 bits per heavy atom. The highest BCUT2D eigenvalue weighted by Gasteiger charge is 2.40. The Bertz CT molecular complexity index is 1020. The lowest BCUT2D eigenvalue weighted by Gasteiger charge is -2.25. The quantitative estimate of drug-likeness (QED) is 0.699. The van der Waals surface area contributed by atoms with Crippen molar-refractivity contribution >= 4 is 29.3 Å². The number of aromatic nitrogens is 1. The minimum atomic E-state index is -4.54. The largest absolute Gasteiger partial charge is 0.477 e. The number of pyridine rings is 1. The second-order valence-corrected chi connectivity index (χ2v) is 7.67. The number of amides is 3. The van der Waals surface area contributed by atoms with Crippen molar-refractivity contribution < 1.29 is 32.7 Å². The van der Waals surface area contributed by atoms with Crippen molar-refractivity contribution in [3.8, 4) is 0 Å². The van der Waals surface area contributed by atoms with E-state index in [0.29, 0.717) is 5.69 Å². The molecule has 1 atom stereocenters. The van der Waals surface area contributed by atoms with Crippen LogP contribution in [0.5, 0.6) is 0 Å². The fourth-order valence-electron chi connectivity index (χ4n) is 3.43. The Morgan fingerprint density at radius 1 is 1.25 bits per heavy atom. The van der Waals surface area contributed by atoms with Gasteiger partial charge in [0.25, 0.3) is 0 Å². The van der Waals surface area contributed by atoms with E-state index >= 15 is 0 Å². The average molecular weight is 450 g/mol. The van der Waals surface area contributed by atoms with Gasteiger partial charge in [-0.2, -0.15) is 13.2 Å². The number of alkyl halides is 3. The molecule has 0 unspecified atom stereocenters. The molecule has 11 heteroatoms. The van der Waals surface area contributed by atoms with Crippen LogP contribution in [0.2, 0.25) is 0 Å². The van der Waals surface area contributed by atoms with E-state index in [9.17, 15) is 27.6 Å². The zero-order chi connectivity index (χ0) is 23.6. The van der Waals surface area contributed by atoms with E-state index in [-0.39, 0.29) is 36.4 Å². The maximum absolute atomic E-state index is 13.0. The summed E-state index contributed by atoms with van der Waals surface area (Å²) in [7, 11) is 0. The van der Waals surface area contributed by atoms with Gasteiger partial charge in [0.05, 0.1) is 23.5 Å². The van der Waals surface area contributed by atoms with Gasteiger partial charge in [-0.25, -0.2) is 14.6 Å². The van der Waals surface area contributed by atoms with E-state index < -0.39 is 29.6 Å². The van der Waals surface area contributed by atoms with Gasteiger partial charge < -0.3 is 15.3 Å². The van der Waals surface area contributed by atoms with E-state index in [0.717, 1.165) is 12.1 Å². The van der Waals surface area contributed by atoms with Gasteiger partial charge in [-0.1, -0.05) is 19.9 Å². The van der Waals surface area contributed by atoms with Gasteiger partial charge in [0, 0.05) is 12.2 Å². The number of hydrogen-bond acceptors (Lipinski definition) is 4. The van der Waals surface area contributed by atoms with Crippen LogP contribution < -0.4 is 10.2 Å². The van der Waals surface area contributed by atoms with Gasteiger partial charge in [-0.05, 0) is 36.2 Å². The first kappa shape index (κ1) is 23.0. The molecule has 1 aliphatic rings. The van der Waals surface area contributed by atoms with Gasteiger partial charge in [0.1, 0.15) is 12.2 Å². The Morgan fingerprint density at radius 2 is 1.97 bits per heavy atom. The van der Waals surface area contributed by atoms with Crippen molar-refractivity contribution in [2.24, 2.45) is 5.92 Å². The van der Waals surface area contributed by atoms with E-state index in [1.165, 1.54) is 40.3 Å². The fourth-order valence-corrected chi connectivity index (χ4v) is 3.43. The molecule has 1 fully saturated rings. The minimum Gasteiger partial charge on any atom is -0.477 e. The molecular formula is C21H21F3N4O4. The highest BCUT2D eigenvalue weighted by molar-refractivity contribution is 6.00. The summed E-state index contributed by atoms with van der Waals surface area (Å²) in [6.45, 7) is 3.66. The van der Waals surface area contributed by atoms with Gasteiger partial charge >= 0.3 is 18.2 Å². The molecule has 0 bridgehead atoms. The molecule has 32 heavy (non-hydrogen) atoms. The molecule has 0 saturated carbocycles. The molecule has 0 aliphatic carbocycles. The molecule has 8 nitrogen and oxygen atoms in total. The summed E-state index contributed by atoms with van der Waals surface area (Å²) in [4.78, 5) is 43.0. The number of nitrogens with one attached hydrogen (secondary N) is 1. The highest BCUT2D eigenvalue weighted by Crippen LogP contribution is 2.31. The fraction of sp³-hybridized carbons (Fsp3) is 0.333. The molecule has 2 aromatic rings. The topological polar surface area (TPSA) is 103 Å². The lowest BCUT2D eigenvalue weighted by atomic mass is 10.0. The Balaban J connectivity index is 1.75.